The number of alkyl halides is 1. The number of nitrogens with one attached hydrogen (secondary N) is 2. The topological polar surface area (TPSA) is 111 Å². The highest BCUT2D eigenvalue weighted by Crippen LogP contribution is 2.25. The van der Waals surface area contributed by atoms with Gasteiger partial charge in [0.15, 0.2) is 17.8 Å². The van der Waals surface area contributed by atoms with Crippen LogP contribution >= 0.6 is 0 Å². The molecule has 36 heavy (non-hydrogen) atoms. The lowest BCUT2D eigenvalue weighted by molar-refractivity contribution is -0.132. The lowest BCUT2D eigenvalue weighted by Gasteiger charge is -2.23. The molecular formula is C26H37FN6O3. The smallest absolute Gasteiger partial charge is 0.255 e. The van der Waals surface area contributed by atoms with Crippen LogP contribution in [0.15, 0.2) is 18.2 Å². The van der Waals surface area contributed by atoms with Crippen LogP contribution < -0.4 is 15.4 Å². The Morgan fingerprint density at radius 1 is 1.08 bits per heavy atom. The minimum absolute atomic E-state index is 0.0620. The summed E-state index contributed by atoms with van der Waals surface area (Å²) in [5.74, 6) is 0.823. The second-order valence-corrected chi connectivity index (χ2v) is 9.80. The van der Waals surface area contributed by atoms with Crippen LogP contribution in [0.3, 0.4) is 0 Å². The van der Waals surface area contributed by atoms with E-state index in [0.29, 0.717) is 30.9 Å². The zero-order valence-corrected chi connectivity index (χ0v) is 22.0. The maximum Gasteiger partial charge on any atom is 0.255 e. The maximum atomic E-state index is 14.0. The molecular weight excluding hydrogens is 463 g/mol. The highest BCUT2D eigenvalue weighted by atomic mass is 19.1. The Bertz CT molecular complexity index is 1210. The summed E-state index contributed by atoms with van der Waals surface area (Å²) in [5, 5.41) is 14.4. The molecule has 9 nitrogen and oxygen atoms in total. The quantitative estimate of drug-likeness (QED) is 0.337. The lowest BCUT2D eigenvalue weighted by Crippen LogP contribution is -2.48. The number of unbranched alkanes of at least 4 members (excludes halogenated alkanes) is 2. The van der Waals surface area contributed by atoms with Gasteiger partial charge in [-0.15, -0.1) is 10.2 Å². The molecule has 3 aromatic rings. The third-order valence-corrected chi connectivity index (χ3v) is 6.23. The molecule has 3 rings (SSSR count). The maximum absolute atomic E-state index is 14.0. The zero-order chi connectivity index (χ0) is 26.4. The van der Waals surface area contributed by atoms with E-state index >= 15 is 0 Å². The van der Waals surface area contributed by atoms with Gasteiger partial charge in [-0.25, -0.2) is 9.37 Å². The van der Waals surface area contributed by atoms with Gasteiger partial charge >= 0.3 is 0 Å². The molecule has 1 amide bonds. The number of rotatable bonds is 13. The Labute approximate surface area is 211 Å². The number of ketones is 1. The number of ether oxygens (including phenoxy) is 1. The van der Waals surface area contributed by atoms with Crippen LogP contribution in [-0.4, -0.2) is 57.1 Å². The van der Waals surface area contributed by atoms with Crippen molar-refractivity contribution in [2.45, 2.75) is 72.5 Å². The molecule has 2 heterocycles. The molecule has 0 bridgehead atoms. The van der Waals surface area contributed by atoms with Crippen molar-refractivity contribution in [3.8, 4) is 5.75 Å². The third kappa shape index (κ3) is 6.27. The molecule has 0 saturated heterocycles. The number of amides is 1. The summed E-state index contributed by atoms with van der Waals surface area (Å²) in [6, 6.07) is 5.03. The molecule has 2 atom stereocenters. The highest BCUT2D eigenvalue weighted by Gasteiger charge is 2.28. The molecule has 0 spiro atoms. The molecule has 1 aromatic carbocycles. The summed E-state index contributed by atoms with van der Waals surface area (Å²) < 4.78 is 21.3. The van der Waals surface area contributed by atoms with Gasteiger partial charge in [0, 0.05) is 19.0 Å². The number of carbonyl (C=O) groups is 2. The van der Waals surface area contributed by atoms with Crippen LogP contribution in [0.2, 0.25) is 0 Å². The molecule has 2 aromatic heterocycles. The van der Waals surface area contributed by atoms with Gasteiger partial charge in [0.1, 0.15) is 11.6 Å². The molecule has 0 unspecified atom stereocenters. The second-order valence-electron chi connectivity index (χ2n) is 9.80. The second kappa shape index (κ2) is 12.1. The summed E-state index contributed by atoms with van der Waals surface area (Å²) >= 11 is 0. The van der Waals surface area contributed by atoms with E-state index in [0.717, 1.165) is 35.4 Å². The standard InChI is InChI=1S/C26H37FN6O3/c1-15(2)22(27)26(35)30-23(16(3)4)21(34)10-8-7-9-13-28-24-25-32-31-17(5)33(25)20-12-11-18(36-6)14-19(20)29-24/h11-12,14-16,22-23H,7-10,13H2,1-6H3,(H,28,29)(H,30,35)/t22-,23-/m0/s1. The van der Waals surface area contributed by atoms with E-state index < -0.39 is 24.0 Å². The van der Waals surface area contributed by atoms with Crippen molar-refractivity contribution in [2.75, 3.05) is 19.0 Å². The summed E-state index contributed by atoms with van der Waals surface area (Å²) in [5.41, 5.74) is 2.33. The molecule has 196 valence electrons. The largest absolute Gasteiger partial charge is 0.497 e. The molecule has 2 N–H and O–H groups in total. The summed E-state index contributed by atoms with van der Waals surface area (Å²) in [6.45, 7) is 9.55. The van der Waals surface area contributed by atoms with Crippen molar-refractivity contribution in [3.63, 3.8) is 0 Å². The minimum Gasteiger partial charge on any atom is -0.497 e. The fourth-order valence-electron chi connectivity index (χ4n) is 4.12. The minimum atomic E-state index is -1.62. The number of benzene rings is 1. The number of hydrogen-bond acceptors (Lipinski definition) is 7. The summed E-state index contributed by atoms with van der Waals surface area (Å²) in [7, 11) is 1.62. The van der Waals surface area contributed by atoms with Gasteiger partial charge in [-0.3, -0.25) is 14.0 Å². The number of Topliss-reactive ketones (excluding diaryl/α,β-unsaturated/α-hetero) is 1. The average Bonchev–Trinajstić information content (AvgIpc) is 3.24. The highest BCUT2D eigenvalue weighted by molar-refractivity contribution is 5.90. The van der Waals surface area contributed by atoms with Gasteiger partial charge in [0.2, 0.25) is 5.65 Å². The first-order valence-electron chi connectivity index (χ1n) is 12.5. The predicted molar refractivity (Wildman–Crippen MR) is 138 cm³/mol. The average molecular weight is 501 g/mol. The van der Waals surface area contributed by atoms with Crippen LogP contribution in [0.4, 0.5) is 10.2 Å². The van der Waals surface area contributed by atoms with Gasteiger partial charge < -0.3 is 15.4 Å². The van der Waals surface area contributed by atoms with E-state index in [1.807, 2.05) is 43.4 Å². The predicted octanol–water partition coefficient (Wildman–Crippen LogP) is 4.27. The van der Waals surface area contributed by atoms with Gasteiger partial charge in [0.05, 0.1) is 24.2 Å². The van der Waals surface area contributed by atoms with E-state index in [-0.39, 0.29) is 11.7 Å². The van der Waals surface area contributed by atoms with Crippen LogP contribution in [0, 0.1) is 18.8 Å². The Morgan fingerprint density at radius 2 is 1.83 bits per heavy atom. The first-order chi connectivity index (χ1) is 17.1. The van der Waals surface area contributed by atoms with Gasteiger partial charge in [0.25, 0.3) is 5.91 Å². The van der Waals surface area contributed by atoms with Gasteiger partial charge in [-0.05, 0) is 43.7 Å². The fraction of sp³-hybridized carbons (Fsp3) is 0.577. The number of methoxy groups -OCH3 is 1. The molecule has 0 aliphatic heterocycles. The van der Waals surface area contributed by atoms with Crippen molar-refractivity contribution < 1.29 is 18.7 Å². The van der Waals surface area contributed by atoms with Gasteiger partial charge in [-0.1, -0.05) is 34.1 Å². The van der Waals surface area contributed by atoms with Crippen molar-refractivity contribution in [1.29, 1.82) is 0 Å². The Kier molecular flexibility index (Phi) is 9.17. The van der Waals surface area contributed by atoms with Crippen molar-refractivity contribution in [1.82, 2.24) is 24.9 Å². The molecule has 0 aliphatic rings. The molecule has 0 aliphatic carbocycles. The number of carbonyl (C=O) groups excluding carboxylic acids is 2. The van der Waals surface area contributed by atoms with Gasteiger partial charge in [-0.2, -0.15) is 0 Å². The Balaban J connectivity index is 1.54. The normalized spacial score (nSPS) is 13.4. The zero-order valence-electron chi connectivity index (χ0n) is 22.0. The lowest BCUT2D eigenvalue weighted by atomic mass is 9.95. The van der Waals surface area contributed by atoms with Crippen LogP contribution in [0.5, 0.6) is 5.75 Å². The Morgan fingerprint density at radius 3 is 2.50 bits per heavy atom. The van der Waals surface area contributed by atoms with E-state index in [1.165, 1.54) is 0 Å². The number of nitrogens with zero attached hydrogens (tertiary/aromatic N) is 4. The SMILES string of the molecule is COc1ccc2c(c1)nc(NCCCCCC(=O)[C@@H](NC(=O)[C@@H](F)C(C)C)C(C)C)c1nnc(C)n12. The number of hydrogen-bond donors (Lipinski definition) is 2. The van der Waals surface area contributed by atoms with Crippen LogP contribution in [0.25, 0.3) is 16.7 Å². The first kappa shape index (κ1) is 27.3. The molecule has 0 radical (unpaired) electrons. The first-order valence-corrected chi connectivity index (χ1v) is 12.5. The monoisotopic (exact) mass is 500 g/mol. The fourth-order valence-corrected chi connectivity index (χ4v) is 4.12. The van der Waals surface area contributed by atoms with Crippen molar-refractivity contribution in [3.05, 3.63) is 24.0 Å². The van der Waals surface area contributed by atoms with E-state index in [1.54, 1.807) is 21.0 Å². The van der Waals surface area contributed by atoms with E-state index in [9.17, 15) is 14.0 Å². The van der Waals surface area contributed by atoms with E-state index in [4.69, 9.17) is 9.72 Å². The van der Waals surface area contributed by atoms with Crippen molar-refractivity contribution >= 4 is 34.2 Å². The summed E-state index contributed by atoms with van der Waals surface area (Å²) in [4.78, 5) is 29.5. The van der Waals surface area contributed by atoms with Crippen LogP contribution in [-0.2, 0) is 9.59 Å². The number of aromatic nitrogens is 4. The third-order valence-electron chi connectivity index (χ3n) is 6.23. The van der Waals surface area contributed by atoms with Crippen molar-refractivity contribution in [2.24, 2.45) is 11.8 Å². The molecule has 0 fully saturated rings. The number of halogens is 1. The Hall–Kier alpha value is -3.30. The van der Waals surface area contributed by atoms with Crippen LogP contribution in [0.1, 0.15) is 59.2 Å². The number of anilines is 1. The van der Waals surface area contributed by atoms with E-state index in [2.05, 4.69) is 20.8 Å². The number of aryl methyl sites for hydroxylation is 1. The molecule has 0 saturated carbocycles. The summed E-state index contributed by atoms with van der Waals surface area (Å²) in [6.07, 6.45) is 1.05. The number of fused-ring (bicyclic) bond motifs is 3. The molecule has 10 heteroatoms.